The molecule has 0 aliphatic carbocycles. The van der Waals surface area contributed by atoms with Gasteiger partial charge in [0, 0.05) is 0 Å². The Morgan fingerprint density at radius 2 is 2.22 bits per heavy atom. The molecular formula is C6H12NO2+. The number of nitrogens with zero attached hydrogens (tertiary/aromatic N) is 1. The summed E-state index contributed by atoms with van der Waals surface area (Å²) in [4.78, 5) is 11.0. The van der Waals surface area contributed by atoms with Crippen LogP contribution in [0.25, 0.3) is 0 Å². The first-order chi connectivity index (χ1) is 4.13. The minimum Gasteiger partial charge on any atom is -0.361 e. The van der Waals surface area contributed by atoms with Gasteiger partial charge in [-0.25, -0.2) is 4.79 Å². The van der Waals surface area contributed by atoms with E-state index in [1.807, 2.05) is 14.1 Å². The van der Waals surface area contributed by atoms with Gasteiger partial charge in [0.25, 0.3) is 0 Å². The summed E-state index contributed by atoms with van der Waals surface area (Å²) >= 11 is 0. The van der Waals surface area contributed by atoms with Gasteiger partial charge in [0.15, 0.2) is 6.61 Å². The number of rotatable bonds is 0. The molecule has 0 spiro atoms. The van der Waals surface area contributed by atoms with Crippen molar-refractivity contribution < 1.29 is 14.0 Å². The third-order valence-electron chi connectivity index (χ3n) is 1.70. The molecule has 1 aliphatic heterocycles. The van der Waals surface area contributed by atoms with Gasteiger partial charge in [0.05, 0.1) is 20.7 Å². The van der Waals surface area contributed by atoms with Crippen LogP contribution in [0, 0.1) is 0 Å². The van der Waals surface area contributed by atoms with Crippen LogP contribution in [0.2, 0.25) is 0 Å². The summed E-state index contributed by atoms with van der Waals surface area (Å²) in [5, 5.41) is 0. The highest BCUT2D eigenvalue weighted by molar-refractivity contribution is 5.70. The van der Waals surface area contributed by atoms with Crippen LogP contribution in [0.3, 0.4) is 0 Å². The van der Waals surface area contributed by atoms with E-state index in [4.69, 9.17) is 4.74 Å². The van der Waals surface area contributed by atoms with E-state index in [2.05, 4.69) is 0 Å². The van der Waals surface area contributed by atoms with Crippen LogP contribution in [0.1, 0.15) is 0 Å². The third kappa shape index (κ3) is 1.28. The lowest BCUT2D eigenvalue weighted by molar-refractivity contribution is -0.820. The Labute approximate surface area is 54.8 Å². The Hall–Kier alpha value is -0.410. The van der Waals surface area contributed by atoms with Crippen molar-refractivity contribution in [2.45, 2.75) is 0 Å². The van der Waals surface area contributed by atoms with Crippen molar-refractivity contribution in [3.8, 4) is 0 Å². The van der Waals surface area contributed by atoms with Gasteiger partial charge < -0.3 is 4.74 Å². The Morgan fingerprint density at radius 1 is 1.56 bits per heavy atom. The number of morpholine rings is 1. The summed E-state index contributed by atoms with van der Waals surface area (Å²) in [6, 6.07) is 0. The molecule has 1 amide bonds. The molecule has 0 saturated carbocycles. The van der Waals surface area contributed by atoms with Gasteiger partial charge in [0.1, 0.15) is 6.54 Å². The highest BCUT2D eigenvalue weighted by Crippen LogP contribution is 2.03. The van der Waals surface area contributed by atoms with Crippen molar-refractivity contribution in [1.29, 1.82) is 0 Å². The first-order valence-electron chi connectivity index (χ1n) is 3.07. The number of quaternary nitrogens is 1. The van der Waals surface area contributed by atoms with Gasteiger partial charge >= 0.3 is 5.91 Å². The van der Waals surface area contributed by atoms with E-state index < -0.39 is 0 Å². The molecule has 1 rings (SSSR count). The number of hydrogen-bond donors (Lipinski definition) is 0. The van der Waals surface area contributed by atoms with Crippen molar-refractivity contribution in [3.05, 3.63) is 0 Å². The van der Waals surface area contributed by atoms with Crippen LogP contribution in [0.5, 0.6) is 0 Å². The van der Waals surface area contributed by atoms with E-state index in [0.29, 0.717) is 11.1 Å². The first-order valence-corrected chi connectivity index (χ1v) is 3.07. The molecular weight excluding hydrogens is 118 g/mol. The quantitative estimate of drug-likeness (QED) is 0.418. The second kappa shape index (κ2) is 2.08. The molecule has 1 heterocycles. The lowest BCUT2D eigenvalue weighted by Gasteiger charge is -2.29. The molecule has 52 valence electrons. The summed E-state index contributed by atoms with van der Waals surface area (Å²) in [5.74, 6) is 0.168. The zero-order valence-corrected chi connectivity index (χ0v) is 5.89. The van der Waals surface area contributed by atoms with Gasteiger partial charge in [-0.1, -0.05) is 0 Å². The van der Waals surface area contributed by atoms with Crippen molar-refractivity contribution >= 4 is 5.91 Å². The number of ether oxygens (including phenoxy) is 1. The summed E-state index contributed by atoms with van der Waals surface area (Å²) in [6.45, 7) is 1.80. The zero-order chi connectivity index (χ0) is 6.91. The zero-order valence-electron chi connectivity index (χ0n) is 5.89. The van der Waals surface area contributed by atoms with Gasteiger partial charge in [-0.2, -0.15) is 0 Å². The lowest BCUT2D eigenvalue weighted by atomic mass is 10.4. The van der Waals surface area contributed by atoms with Gasteiger partial charge in [0.2, 0.25) is 0 Å². The third-order valence-corrected chi connectivity index (χ3v) is 1.70. The summed E-state index contributed by atoms with van der Waals surface area (Å²) in [7, 11) is 3.82. The molecule has 0 N–H and O–H groups in total. The number of likely N-dealkylation sites (N-methyl/N-ethyl adjacent to an activating group) is 1. The van der Waals surface area contributed by atoms with Gasteiger partial charge in [-0.05, 0) is 0 Å². The topological polar surface area (TPSA) is 26.3 Å². The van der Waals surface area contributed by atoms with Crippen LogP contribution in [0.15, 0.2) is 0 Å². The van der Waals surface area contributed by atoms with E-state index in [1.165, 1.54) is 0 Å². The SMILES string of the molecule is C[N+]1(C)CCOCC1=O. The maximum Gasteiger partial charge on any atom is 0.339 e. The maximum absolute atomic E-state index is 11.0. The van der Waals surface area contributed by atoms with Gasteiger partial charge in [-0.3, -0.25) is 4.48 Å². The molecule has 3 heteroatoms. The number of amides is 1. The molecule has 0 bridgehead atoms. The van der Waals surface area contributed by atoms with Crippen molar-refractivity contribution in [2.24, 2.45) is 0 Å². The lowest BCUT2D eigenvalue weighted by Crippen LogP contribution is -2.53. The summed E-state index contributed by atoms with van der Waals surface area (Å²) < 4.78 is 5.42. The van der Waals surface area contributed by atoms with Crippen molar-refractivity contribution in [2.75, 3.05) is 33.9 Å². The fourth-order valence-electron chi connectivity index (χ4n) is 0.752. The van der Waals surface area contributed by atoms with Crippen molar-refractivity contribution in [1.82, 2.24) is 0 Å². The Bertz CT molecular complexity index is 131. The van der Waals surface area contributed by atoms with Crippen LogP contribution >= 0.6 is 0 Å². The molecule has 0 aromatic heterocycles. The summed E-state index contributed by atoms with van der Waals surface area (Å²) in [5.41, 5.74) is 0. The van der Waals surface area contributed by atoms with E-state index >= 15 is 0 Å². The second-order valence-electron chi connectivity index (χ2n) is 2.85. The summed E-state index contributed by atoms with van der Waals surface area (Å²) in [6.07, 6.45) is 0. The average Bonchev–Trinajstić information content (AvgIpc) is 1.77. The molecule has 0 aromatic carbocycles. The Balaban J connectivity index is 2.60. The number of carbonyl (C=O) groups is 1. The number of carbonyl (C=O) groups excluding carboxylic acids is 1. The van der Waals surface area contributed by atoms with Gasteiger partial charge in [-0.15, -0.1) is 0 Å². The molecule has 0 unspecified atom stereocenters. The minimum absolute atomic E-state index is 0.168. The van der Waals surface area contributed by atoms with Crippen LogP contribution in [-0.4, -0.2) is 44.2 Å². The van der Waals surface area contributed by atoms with Crippen LogP contribution in [0.4, 0.5) is 0 Å². The molecule has 3 nitrogen and oxygen atoms in total. The van der Waals surface area contributed by atoms with Crippen molar-refractivity contribution in [3.63, 3.8) is 0 Å². The molecule has 0 aromatic rings. The normalized spacial score (nSPS) is 26.2. The first kappa shape index (κ1) is 6.71. The van der Waals surface area contributed by atoms with E-state index in [9.17, 15) is 4.79 Å². The molecule has 0 atom stereocenters. The molecule has 0 radical (unpaired) electrons. The smallest absolute Gasteiger partial charge is 0.339 e. The minimum atomic E-state index is 0.168. The monoisotopic (exact) mass is 130 g/mol. The van der Waals surface area contributed by atoms with E-state index in [1.54, 1.807) is 0 Å². The second-order valence-corrected chi connectivity index (χ2v) is 2.85. The molecule has 1 fully saturated rings. The predicted molar refractivity (Wildman–Crippen MR) is 32.8 cm³/mol. The standard InChI is InChI=1S/C6H12NO2/c1-7(2)3-4-9-5-6(7)8/h3-5H2,1-2H3/q+1. The fourth-order valence-corrected chi connectivity index (χ4v) is 0.752. The maximum atomic E-state index is 11.0. The van der Waals surface area contributed by atoms with Crippen LogP contribution in [-0.2, 0) is 9.53 Å². The molecule has 9 heavy (non-hydrogen) atoms. The highest BCUT2D eigenvalue weighted by atomic mass is 16.5. The Morgan fingerprint density at radius 3 is 2.56 bits per heavy atom. The fraction of sp³-hybridized carbons (Fsp3) is 0.833. The average molecular weight is 130 g/mol. The highest BCUT2D eigenvalue weighted by Gasteiger charge is 2.29. The largest absolute Gasteiger partial charge is 0.361 e. The molecule has 1 saturated heterocycles. The number of hydrogen-bond acceptors (Lipinski definition) is 2. The predicted octanol–water partition coefficient (Wildman–Crippen LogP) is -0.380. The Kier molecular flexibility index (Phi) is 1.55. The van der Waals surface area contributed by atoms with Crippen LogP contribution < -0.4 is 0 Å². The van der Waals surface area contributed by atoms with E-state index in [-0.39, 0.29) is 12.5 Å². The van der Waals surface area contributed by atoms with E-state index in [0.717, 1.165) is 6.54 Å². The molecule has 1 aliphatic rings.